The number of carbonyl (C=O) groups is 2. The van der Waals surface area contributed by atoms with E-state index < -0.39 is 17.8 Å². The molecule has 162 valence electrons. The van der Waals surface area contributed by atoms with E-state index >= 15 is 0 Å². The van der Waals surface area contributed by atoms with Crippen LogP contribution in [0.25, 0.3) is 0 Å². The van der Waals surface area contributed by atoms with E-state index in [1.54, 1.807) is 31.2 Å². The van der Waals surface area contributed by atoms with E-state index in [1.807, 2.05) is 30.3 Å². The number of aliphatic imine (C=N–C) groups is 1. The van der Waals surface area contributed by atoms with Crippen LogP contribution in [-0.2, 0) is 9.59 Å². The highest BCUT2D eigenvalue weighted by atomic mass is 79.9. The van der Waals surface area contributed by atoms with Gasteiger partial charge in [-0.3, -0.25) is 14.6 Å². The Kier molecular flexibility index (Phi) is 6.39. The lowest BCUT2D eigenvalue weighted by atomic mass is 10.00. The first-order valence-corrected chi connectivity index (χ1v) is 11.0. The number of hydrogen-bond acceptors (Lipinski definition) is 3. The number of benzodiazepines with no additional fused rings is 1. The zero-order chi connectivity index (χ0) is 22.8. The van der Waals surface area contributed by atoms with Crippen LogP contribution < -0.4 is 10.2 Å². The molecule has 4 rings (SSSR count). The number of fused-ring (bicyclic) bond motifs is 1. The molecular weight excluding hydrogens is 497 g/mol. The van der Waals surface area contributed by atoms with Crippen molar-refractivity contribution in [3.63, 3.8) is 0 Å². The summed E-state index contributed by atoms with van der Waals surface area (Å²) in [7, 11) is 0. The Balaban J connectivity index is 1.71. The molecule has 1 atom stereocenters. The van der Waals surface area contributed by atoms with Crippen LogP contribution in [0.3, 0.4) is 0 Å². The predicted octanol–water partition coefficient (Wildman–Crippen LogP) is 5.45. The number of amides is 2. The highest BCUT2D eigenvalue weighted by molar-refractivity contribution is 9.10. The minimum atomic E-state index is -0.728. The number of benzene rings is 3. The molecule has 5 nitrogen and oxygen atoms in total. The van der Waals surface area contributed by atoms with E-state index in [2.05, 4.69) is 26.2 Å². The van der Waals surface area contributed by atoms with Crippen LogP contribution in [0.5, 0.6) is 0 Å². The second-order valence-electron chi connectivity index (χ2n) is 7.28. The Labute approximate surface area is 198 Å². The molecule has 0 aromatic heterocycles. The standard InChI is InChI=1S/C24H18BrClFN3O2/c1-14-24(32)30(13-22(31)29-20-9-7-16(25)11-19(20)27)21-10-8-17(26)12-18(21)23(28-14)15-5-3-2-4-6-15/h2-12,14H,13H2,1H3,(H,29,31)/t14-/m0/s1. The number of halogens is 3. The lowest BCUT2D eigenvalue weighted by molar-refractivity contribution is -0.122. The molecule has 1 aliphatic rings. The van der Waals surface area contributed by atoms with Gasteiger partial charge in [-0.1, -0.05) is 57.9 Å². The molecule has 8 heteroatoms. The smallest absolute Gasteiger partial charge is 0.252 e. The first kappa shape index (κ1) is 22.2. The molecule has 0 fully saturated rings. The summed E-state index contributed by atoms with van der Waals surface area (Å²) in [5.41, 5.74) is 2.64. The van der Waals surface area contributed by atoms with Gasteiger partial charge in [0.05, 0.1) is 17.1 Å². The van der Waals surface area contributed by atoms with Crippen molar-refractivity contribution in [2.24, 2.45) is 4.99 Å². The molecule has 1 N–H and O–H groups in total. The normalized spacial score (nSPS) is 15.6. The van der Waals surface area contributed by atoms with Gasteiger partial charge in [-0.15, -0.1) is 0 Å². The van der Waals surface area contributed by atoms with Gasteiger partial charge in [0, 0.05) is 20.6 Å². The highest BCUT2D eigenvalue weighted by Crippen LogP contribution is 2.31. The van der Waals surface area contributed by atoms with E-state index in [0.717, 1.165) is 5.56 Å². The van der Waals surface area contributed by atoms with Gasteiger partial charge in [0.15, 0.2) is 0 Å². The second-order valence-corrected chi connectivity index (χ2v) is 8.63. The van der Waals surface area contributed by atoms with Gasteiger partial charge in [-0.05, 0) is 43.3 Å². The molecular formula is C24H18BrClFN3O2. The van der Waals surface area contributed by atoms with Gasteiger partial charge >= 0.3 is 0 Å². The van der Waals surface area contributed by atoms with Crippen molar-refractivity contribution in [3.8, 4) is 0 Å². The van der Waals surface area contributed by atoms with E-state index in [0.29, 0.717) is 26.5 Å². The minimum absolute atomic E-state index is 0.0334. The Morgan fingerprint density at radius 2 is 1.91 bits per heavy atom. The number of carbonyl (C=O) groups excluding carboxylic acids is 2. The molecule has 1 aliphatic heterocycles. The summed E-state index contributed by atoms with van der Waals surface area (Å²) in [6, 6.07) is 18.2. The highest BCUT2D eigenvalue weighted by Gasteiger charge is 2.31. The molecule has 0 spiro atoms. The van der Waals surface area contributed by atoms with Crippen LogP contribution in [0, 0.1) is 5.82 Å². The molecule has 3 aromatic carbocycles. The van der Waals surface area contributed by atoms with Gasteiger partial charge in [0.2, 0.25) is 5.91 Å². The van der Waals surface area contributed by atoms with Crippen LogP contribution in [0.1, 0.15) is 18.1 Å². The van der Waals surface area contributed by atoms with Crippen LogP contribution in [0.15, 0.2) is 76.2 Å². The number of rotatable bonds is 4. The fourth-order valence-electron chi connectivity index (χ4n) is 3.51. The van der Waals surface area contributed by atoms with E-state index in [9.17, 15) is 14.0 Å². The summed E-state index contributed by atoms with van der Waals surface area (Å²) in [5.74, 6) is -1.45. The third-order valence-electron chi connectivity index (χ3n) is 5.00. The molecule has 0 saturated carbocycles. The minimum Gasteiger partial charge on any atom is -0.322 e. The third kappa shape index (κ3) is 4.59. The summed E-state index contributed by atoms with van der Waals surface area (Å²) < 4.78 is 14.7. The maximum absolute atomic E-state index is 14.2. The van der Waals surface area contributed by atoms with Gasteiger partial charge in [0.1, 0.15) is 18.4 Å². The molecule has 1 heterocycles. The zero-order valence-electron chi connectivity index (χ0n) is 17.0. The maximum atomic E-state index is 14.2. The molecule has 0 aliphatic carbocycles. The zero-order valence-corrected chi connectivity index (χ0v) is 19.3. The van der Waals surface area contributed by atoms with Gasteiger partial charge < -0.3 is 10.2 Å². The van der Waals surface area contributed by atoms with Crippen LogP contribution >= 0.6 is 27.5 Å². The fraction of sp³-hybridized carbons (Fsp3) is 0.125. The van der Waals surface area contributed by atoms with Crippen molar-refractivity contribution < 1.29 is 14.0 Å². The van der Waals surface area contributed by atoms with Crippen LogP contribution in [-0.4, -0.2) is 30.1 Å². The Morgan fingerprint density at radius 1 is 1.16 bits per heavy atom. The fourth-order valence-corrected chi connectivity index (χ4v) is 4.01. The van der Waals surface area contributed by atoms with Crippen molar-refractivity contribution in [3.05, 3.63) is 93.2 Å². The average Bonchev–Trinajstić information content (AvgIpc) is 2.86. The molecule has 0 radical (unpaired) electrons. The van der Waals surface area contributed by atoms with Gasteiger partial charge in [0.25, 0.3) is 5.91 Å². The molecule has 3 aromatic rings. The van der Waals surface area contributed by atoms with Crippen molar-refractivity contribution >= 4 is 56.4 Å². The van der Waals surface area contributed by atoms with Crippen LogP contribution in [0.4, 0.5) is 15.8 Å². The topological polar surface area (TPSA) is 61.8 Å². The second kappa shape index (κ2) is 9.22. The summed E-state index contributed by atoms with van der Waals surface area (Å²) in [5, 5.41) is 3.02. The lowest BCUT2D eigenvalue weighted by Gasteiger charge is -2.24. The molecule has 2 amide bonds. The van der Waals surface area contributed by atoms with Crippen molar-refractivity contribution in [1.29, 1.82) is 0 Å². The van der Waals surface area contributed by atoms with E-state index in [-0.39, 0.29) is 18.1 Å². The molecule has 0 saturated heterocycles. The Morgan fingerprint density at radius 3 is 2.62 bits per heavy atom. The number of nitrogens with one attached hydrogen (secondary N) is 1. The number of anilines is 2. The Hall–Kier alpha value is -3.03. The van der Waals surface area contributed by atoms with E-state index in [1.165, 1.54) is 17.0 Å². The lowest BCUT2D eigenvalue weighted by Crippen LogP contribution is -2.42. The maximum Gasteiger partial charge on any atom is 0.252 e. The number of nitrogens with zero attached hydrogens (tertiary/aromatic N) is 2. The summed E-state index contributed by atoms with van der Waals surface area (Å²) in [6.45, 7) is 1.38. The predicted molar refractivity (Wildman–Crippen MR) is 128 cm³/mol. The summed E-state index contributed by atoms with van der Waals surface area (Å²) in [6.07, 6.45) is 0. The molecule has 0 bridgehead atoms. The quantitative estimate of drug-likeness (QED) is 0.503. The largest absolute Gasteiger partial charge is 0.322 e. The summed E-state index contributed by atoms with van der Waals surface area (Å²) in [4.78, 5) is 32.0. The van der Waals surface area contributed by atoms with Crippen molar-refractivity contribution in [2.75, 3.05) is 16.8 Å². The van der Waals surface area contributed by atoms with Crippen LogP contribution in [0.2, 0.25) is 5.02 Å². The van der Waals surface area contributed by atoms with Gasteiger partial charge in [-0.2, -0.15) is 0 Å². The first-order chi connectivity index (χ1) is 15.3. The van der Waals surface area contributed by atoms with Crippen molar-refractivity contribution in [1.82, 2.24) is 0 Å². The monoisotopic (exact) mass is 513 g/mol. The average molecular weight is 515 g/mol. The van der Waals surface area contributed by atoms with E-state index in [4.69, 9.17) is 11.6 Å². The Bertz CT molecular complexity index is 1230. The molecule has 32 heavy (non-hydrogen) atoms. The third-order valence-corrected chi connectivity index (χ3v) is 5.73. The van der Waals surface area contributed by atoms with Crippen molar-refractivity contribution in [2.45, 2.75) is 13.0 Å². The SMILES string of the molecule is C[C@@H]1N=C(c2ccccc2)c2cc(Cl)ccc2N(CC(=O)Nc2ccc(Br)cc2F)C1=O. The number of hydrogen-bond donors (Lipinski definition) is 1. The van der Waals surface area contributed by atoms with Gasteiger partial charge in [-0.25, -0.2) is 4.39 Å². The molecule has 0 unspecified atom stereocenters. The summed E-state index contributed by atoms with van der Waals surface area (Å²) >= 11 is 9.45. The first-order valence-electron chi connectivity index (χ1n) is 9.83.